The molecule has 6 atom stereocenters. The molecule has 4 heterocycles. The molecule has 0 radical (unpaired) electrons. The highest BCUT2D eigenvalue weighted by Gasteiger charge is 2.45. The summed E-state index contributed by atoms with van der Waals surface area (Å²) < 4.78 is 3.05. The molecule has 3 aliphatic rings. The molecule has 7 rings (SSSR count). The Morgan fingerprint density at radius 2 is 1.48 bits per heavy atom. The summed E-state index contributed by atoms with van der Waals surface area (Å²) in [7, 11) is 3.14. The number of fused-ring (bicyclic) bond motifs is 2. The maximum atomic E-state index is 14.0. The van der Waals surface area contributed by atoms with Crippen molar-refractivity contribution in [3.63, 3.8) is 0 Å². The fraction of sp³-hybridized carbons (Fsp3) is 0.490. The maximum Gasteiger partial charge on any atom is 0.329 e. The number of hydrogen-bond acceptors (Lipinski definition) is 10. The summed E-state index contributed by atoms with van der Waals surface area (Å²) in [5.74, 6) is -2.13. The summed E-state index contributed by atoms with van der Waals surface area (Å²) in [6, 6.07) is 20.8. The van der Waals surface area contributed by atoms with Crippen LogP contribution < -0.4 is 27.8 Å². The summed E-state index contributed by atoms with van der Waals surface area (Å²) in [6.07, 6.45) is 4.97. The van der Waals surface area contributed by atoms with Crippen LogP contribution in [0.4, 0.5) is 0 Å². The van der Waals surface area contributed by atoms with Gasteiger partial charge in [0.1, 0.15) is 24.4 Å². The number of aliphatic hydroxyl groups excluding tert-OH is 1. The normalized spacial score (nSPS) is 21.2. The average Bonchev–Trinajstić information content (AvgIpc) is 3.85. The molecular formula is C49H63N9O8. The highest BCUT2D eigenvalue weighted by Crippen LogP contribution is 2.31. The molecule has 0 spiro atoms. The second-order valence-electron chi connectivity index (χ2n) is 18.0. The third-order valence-corrected chi connectivity index (χ3v) is 13.6. The van der Waals surface area contributed by atoms with Gasteiger partial charge in [-0.2, -0.15) is 0 Å². The van der Waals surface area contributed by atoms with E-state index in [1.165, 1.54) is 11.6 Å². The molecular weight excluding hydrogens is 843 g/mol. The van der Waals surface area contributed by atoms with Gasteiger partial charge in [-0.25, -0.2) is 4.79 Å². The molecule has 3 saturated heterocycles. The van der Waals surface area contributed by atoms with E-state index in [-0.39, 0.29) is 61.7 Å². The van der Waals surface area contributed by atoms with Crippen molar-refractivity contribution in [1.29, 1.82) is 0 Å². The van der Waals surface area contributed by atoms with E-state index in [0.29, 0.717) is 44.2 Å². The molecule has 2 unspecified atom stereocenters. The Labute approximate surface area is 384 Å². The van der Waals surface area contributed by atoms with Crippen LogP contribution >= 0.6 is 0 Å². The maximum absolute atomic E-state index is 14.0. The molecule has 7 N–H and O–H groups in total. The van der Waals surface area contributed by atoms with Crippen molar-refractivity contribution in [3.05, 3.63) is 106 Å². The van der Waals surface area contributed by atoms with Crippen LogP contribution in [0.3, 0.4) is 0 Å². The van der Waals surface area contributed by atoms with Crippen LogP contribution in [0.25, 0.3) is 11.0 Å². The Morgan fingerprint density at radius 1 is 0.803 bits per heavy atom. The quantitative estimate of drug-likeness (QED) is 0.0556. The Balaban J connectivity index is 0.895. The molecule has 4 aromatic rings. The van der Waals surface area contributed by atoms with Crippen molar-refractivity contribution in [3.8, 4) is 0 Å². The summed E-state index contributed by atoms with van der Waals surface area (Å²) >= 11 is 0. The highest BCUT2D eigenvalue weighted by atomic mass is 16.3. The van der Waals surface area contributed by atoms with E-state index < -0.39 is 54.2 Å². The van der Waals surface area contributed by atoms with Gasteiger partial charge < -0.3 is 31.7 Å². The number of aromatic nitrogens is 2. The highest BCUT2D eigenvalue weighted by molar-refractivity contribution is 6.00. The first-order valence-corrected chi connectivity index (χ1v) is 23.2. The number of nitrogens with one attached hydrogen (secondary N) is 2. The van der Waals surface area contributed by atoms with Gasteiger partial charge in [0.2, 0.25) is 29.5 Å². The number of imide groups is 1. The average molecular weight is 906 g/mol. The number of likely N-dealkylation sites (N-methyl/N-ethyl adjacent to an activating group) is 1. The molecule has 0 bridgehead atoms. The van der Waals surface area contributed by atoms with Crippen LogP contribution in [0.5, 0.6) is 0 Å². The molecule has 352 valence electrons. The number of likely N-dealkylation sites (tertiary alicyclic amines) is 1. The van der Waals surface area contributed by atoms with Gasteiger partial charge >= 0.3 is 5.69 Å². The predicted octanol–water partition coefficient (Wildman–Crippen LogP) is 2.52. The minimum Gasteiger partial charge on any atom is -0.376 e. The monoisotopic (exact) mass is 905 g/mol. The molecule has 17 heteroatoms. The second-order valence-corrected chi connectivity index (χ2v) is 18.0. The number of aryl methyl sites for hydroxylation is 2. The largest absolute Gasteiger partial charge is 0.376 e. The number of piperidine rings is 1. The number of primary amides is 1. The first-order chi connectivity index (χ1) is 31.7. The summed E-state index contributed by atoms with van der Waals surface area (Å²) in [5.41, 5.74) is 15.9. The summed E-state index contributed by atoms with van der Waals surface area (Å²) in [4.78, 5) is 95.9. The van der Waals surface area contributed by atoms with E-state index in [0.717, 1.165) is 52.8 Å². The lowest BCUT2D eigenvalue weighted by molar-refractivity contribution is -0.149. The fourth-order valence-electron chi connectivity index (χ4n) is 9.86. The van der Waals surface area contributed by atoms with E-state index >= 15 is 0 Å². The number of carbonyl (C=O) groups is 6. The molecule has 0 saturated carbocycles. The summed E-state index contributed by atoms with van der Waals surface area (Å²) in [6.45, 7) is 0.436. The molecule has 1 aromatic heterocycles. The van der Waals surface area contributed by atoms with Gasteiger partial charge in [0.15, 0.2) is 0 Å². The molecule has 3 aromatic carbocycles. The van der Waals surface area contributed by atoms with E-state index in [4.69, 9.17) is 11.5 Å². The predicted molar refractivity (Wildman–Crippen MR) is 247 cm³/mol. The Kier molecular flexibility index (Phi) is 15.5. The lowest BCUT2D eigenvalue weighted by Crippen LogP contribution is -2.61. The van der Waals surface area contributed by atoms with E-state index in [2.05, 4.69) is 10.6 Å². The number of nitrogens with zero attached hydrogens (tertiary/aromatic N) is 5. The van der Waals surface area contributed by atoms with E-state index in [1.54, 1.807) is 21.4 Å². The van der Waals surface area contributed by atoms with Crippen molar-refractivity contribution in [2.75, 3.05) is 20.1 Å². The van der Waals surface area contributed by atoms with Gasteiger partial charge in [0, 0.05) is 52.5 Å². The number of rotatable bonds is 18. The van der Waals surface area contributed by atoms with Crippen LogP contribution in [0.2, 0.25) is 0 Å². The SMILES string of the molecule is CN1C(=O)CCC(n2c(=O)n(C)c3cc(CCCCCCC(=O)N4CC[C@H]5CC[C@@H](C(=O)N[C@@H](CCC(N)=O)C(O)NC(c6ccccc6)c6ccccc6)N5C(=O)[C@@H](N)C4)ccc32)C1=O. The van der Waals surface area contributed by atoms with Crippen molar-refractivity contribution < 1.29 is 33.9 Å². The van der Waals surface area contributed by atoms with Crippen molar-refractivity contribution >= 4 is 46.5 Å². The zero-order valence-corrected chi connectivity index (χ0v) is 37.8. The number of carbonyl (C=O) groups excluding carboxylic acids is 6. The van der Waals surface area contributed by atoms with Gasteiger partial charge in [-0.05, 0) is 80.2 Å². The van der Waals surface area contributed by atoms with E-state index in [9.17, 15) is 38.7 Å². The number of hydrogen-bond donors (Lipinski definition) is 5. The van der Waals surface area contributed by atoms with Crippen molar-refractivity contribution in [2.45, 2.75) is 126 Å². The van der Waals surface area contributed by atoms with Crippen molar-refractivity contribution in [2.24, 2.45) is 18.5 Å². The zero-order chi connectivity index (χ0) is 47.1. The lowest BCUT2D eigenvalue weighted by Gasteiger charge is -2.38. The first-order valence-electron chi connectivity index (χ1n) is 23.2. The lowest BCUT2D eigenvalue weighted by atomic mass is 9.97. The third-order valence-electron chi connectivity index (χ3n) is 13.6. The Morgan fingerprint density at radius 3 is 2.17 bits per heavy atom. The van der Waals surface area contributed by atoms with Crippen LogP contribution in [0, 0.1) is 0 Å². The third kappa shape index (κ3) is 10.7. The van der Waals surface area contributed by atoms with Gasteiger partial charge in [-0.3, -0.25) is 48.1 Å². The number of aliphatic hydroxyl groups is 1. The second kappa shape index (κ2) is 21.4. The fourth-order valence-corrected chi connectivity index (χ4v) is 9.86. The zero-order valence-electron chi connectivity index (χ0n) is 37.8. The summed E-state index contributed by atoms with van der Waals surface area (Å²) in [5, 5.41) is 17.8. The van der Waals surface area contributed by atoms with Gasteiger partial charge in [0.05, 0.1) is 23.1 Å². The number of amides is 6. The molecule has 3 fully saturated rings. The van der Waals surface area contributed by atoms with Crippen LogP contribution in [0.15, 0.2) is 83.7 Å². The molecule has 6 amide bonds. The first kappa shape index (κ1) is 47.8. The number of imidazole rings is 1. The molecule has 3 aliphatic heterocycles. The number of nitrogens with two attached hydrogens (primary N) is 2. The van der Waals surface area contributed by atoms with Crippen LogP contribution in [-0.2, 0) is 42.2 Å². The topological polar surface area (TPSA) is 235 Å². The smallest absolute Gasteiger partial charge is 0.329 e. The minimum absolute atomic E-state index is 0.0376. The van der Waals surface area contributed by atoms with Gasteiger partial charge in [0.25, 0.3) is 5.91 Å². The minimum atomic E-state index is -1.28. The van der Waals surface area contributed by atoms with Crippen LogP contribution in [0.1, 0.15) is 106 Å². The molecule has 66 heavy (non-hydrogen) atoms. The molecule has 0 aliphatic carbocycles. The Hall–Kier alpha value is -6.17. The van der Waals surface area contributed by atoms with Gasteiger partial charge in [-0.1, -0.05) is 79.6 Å². The number of unbranched alkanes of at least 4 members (excludes halogenated alkanes) is 3. The standard InChI is InChI=1S/C49H63N9O8/c1-54-40-29-31(19-22-37(40)58(49(54)66)39-24-26-42(60)55(2)48(39)65)13-7-3-4-12-18-43(61)56-28-27-34-20-23-38(57(34)47(64)35(50)30-56)46(63)52-36(21-25-41(51)59)45(62)53-44(32-14-8-5-9-15-32)33-16-10-6-11-17-33/h5-6,8-11,14-17,19,22,29,34-36,38-39,44-45,53,62H,3-4,7,12-13,18,20-21,23-28,30,50H2,1-2H3,(H2,51,59)(H,52,63)/t34-,35+,36+,38+,39?,45?/m1/s1. The van der Waals surface area contributed by atoms with E-state index in [1.807, 2.05) is 78.9 Å². The number of benzene rings is 3. The van der Waals surface area contributed by atoms with Gasteiger partial charge in [-0.15, -0.1) is 0 Å². The van der Waals surface area contributed by atoms with Crippen molar-refractivity contribution in [1.82, 2.24) is 34.5 Å². The molecule has 17 nitrogen and oxygen atoms in total. The Bertz CT molecular complexity index is 2420. The van der Waals surface area contributed by atoms with Crippen LogP contribution in [-0.4, -0.2) is 115 Å².